The third-order valence-electron chi connectivity index (χ3n) is 2.17. The summed E-state index contributed by atoms with van der Waals surface area (Å²) in [4.78, 5) is 10.7. The molecule has 0 atom stereocenters. The van der Waals surface area contributed by atoms with E-state index < -0.39 is 5.97 Å². The SMILES string of the molecule is Cc1cc(C(=O)O)ccc1CCCCl. The molecule has 1 aromatic rings. The Balaban J connectivity index is 2.84. The average Bonchev–Trinajstić information content (AvgIpc) is 2.15. The molecule has 0 unspecified atom stereocenters. The standard InChI is InChI=1S/C11H13ClO2/c1-8-7-10(11(13)14)5-4-9(8)3-2-6-12/h4-5,7H,2-3,6H2,1H3,(H,13,14). The fraction of sp³-hybridized carbons (Fsp3) is 0.364. The molecule has 0 heterocycles. The molecule has 3 heteroatoms. The van der Waals surface area contributed by atoms with Crippen molar-refractivity contribution >= 4 is 17.6 Å². The fourth-order valence-corrected chi connectivity index (χ4v) is 1.50. The molecule has 0 saturated carbocycles. The molecule has 0 aliphatic carbocycles. The van der Waals surface area contributed by atoms with E-state index in [0.29, 0.717) is 11.4 Å². The smallest absolute Gasteiger partial charge is 0.335 e. The van der Waals surface area contributed by atoms with Gasteiger partial charge in [-0.3, -0.25) is 0 Å². The van der Waals surface area contributed by atoms with E-state index in [-0.39, 0.29) is 0 Å². The lowest BCUT2D eigenvalue weighted by molar-refractivity contribution is 0.0697. The molecule has 0 amide bonds. The first-order valence-electron chi connectivity index (χ1n) is 4.54. The number of hydrogen-bond acceptors (Lipinski definition) is 1. The van der Waals surface area contributed by atoms with E-state index in [1.54, 1.807) is 12.1 Å². The van der Waals surface area contributed by atoms with Crippen molar-refractivity contribution < 1.29 is 9.90 Å². The average molecular weight is 213 g/mol. The van der Waals surface area contributed by atoms with Gasteiger partial charge in [0.25, 0.3) is 0 Å². The van der Waals surface area contributed by atoms with Crippen molar-refractivity contribution in [3.8, 4) is 0 Å². The number of rotatable bonds is 4. The van der Waals surface area contributed by atoms with Crippen LogP contribution in [0.3, 0.4) is 0 Å². The van der Waals surface area contributed by atoms with Gasteiger partial charge in [0, 0.05) is 5.88 Å². The van der Waals surface area contributed by atoms with Gasteiger partial charge in [-0.05, 0) is 43.0 Å². The summed E-state index contributed by atoms with van der Waals surface area (Å²) >= 11 is 5.59. The Morgan fingerprint density at radius 3 is 2.71 bits per heavy atom. The van der Waals surface area contributed by atoms with Crippen LogP contribution in [-0.2, 0) is 6.42 Å². The molecule has 0 radical (unpaired) electrons. The first-order valence-corrected chi connectivity index (χ1v) is 5.07. The van der Waals surface area contributed by atoms with E-state index in [4.69, 9.17) is 16.7 Å². The Morgan fingerprint density at radius 2 is 2.21 bits per heavy atom. The van der Waals surface area contributed by atoms with Crippen molar-refractivity contribution in [2.24, 2.45) is 0 Å². The molecular weight excluding hydrogens is 200 g/mol. The molecule has 0 saturated heterocycles. The Morgan fingerprint density at radius 1 is 1.50 bits per heavy atom. The number of aryl methyl sites for hydroxylation is 2. The maximum Gasteiger partial charge on any atom is 0.335 e. The highest BCUT2D eigenvalue weighted by molar-refractivity contribution is 6.17. The van der Waals surface area contributed by atoms with Crippen molar-refractivity contribution in [3.05, 3.63) is 34.9 Å². The largest absolute Gasteiger partial charge is 0.478 e. The Kier molecular flexibility index (Phi) is 3.96. The van der Waals surface area contributed by atoms with Crippen LogP contribution in [0.4, 0.5) is 0 Å². The number of halogens is 1. The minimum absolute atomic E-state index is 0.345. The molecular formula is C11H13ClO2. The first kappa shape index (κ1) is 11.1. The minimum atomic E-state index is -0.878. The van der Waals surface area contributed by atoms with Gasteiger partial charge in [-0.2, -0.15) is 0 Å². The van der Waals surface area contributed by atoms with Gasteiger partial charge in [0.1, 0.15) is 0 Å². The molecule has 0 fully saturated rings. The number of benzene rings is 1. The summed E-state index contributed by atoms with van der Waals surface area (Å²) in [5.74, 6) is -0.239. The lowest BCUT2D eigenvalue weighted by Gasteiger charge is -2.05. The molecule has 1 aromatic carbocycles. The lowest BCUT2D eigenvalue weighted by Crippen LogP contribution is -1.99. The number of hydrogen-bond donors (Lipinski definition) is 1. The zero-order valence-electron chi connectivity index (χ0n) is 8.09. The summed E-state index contributed by atoms with van der Waals surface area (Å²) in [6.45, 7) is 1.93. The van der Waals surface area contributed by atoms with E-state index in [2.05, 4.69) is 0 Å². The number of aromatic carboxylic acids is 1. The number of carboxylic acid groups (broad SMARTS) is 1. The molecule has 2 nitrogen and oxygen atoms in total. The molecule has 0 aliphatic rings. The van der Waals surface area contributed by atoms with E-state index in [1.165, 1.54) is 5.56 Å². The van der Waals surface area contributed by atoms with E-state index >= 15 is 0 Å². The highest BCUT2D eigenvalue weighted by Crippen LogP contribution is 2.13. The summed E-state index contributed by atoms with van der Waals surface area (Å²) in [5.41, 5.74) is 2.54. The van der Waals surface area contributed by atoms with Gasteiger partial charge in [-0.25, -0.2) is 4.79 Å². The second kappa shape index (κ2) is 5.01. The molecule has 0 spiro atoms. The summed E-state index contributed by atoms with van der Waals surface area (Å²) in [5, 5.41) is 8.76. The Hall–Kier alpha value is -1.02. The van der Waals surface area contributed by atoms with Crippen LogP contribution in [0.2, 0.25) is 0 Å². The van der Waals surface area contributed by atoms with Crippen LogP contribution in [0.5, 0.6) is 0 Å². The van der Waals surface area contributed by atoms with Gasteiger partial charge < -0.3 is 5.11 Å². The summed E-state index contributed by atoms with van der Waals surface area (Å²) in [7, 11) is 0. The quantitative estimate of drug-likeness (QED) is 0.780. The van der Waals surface area contributed by atoms with Gasteiger partial charge in [-0.1, -0.05) is 6.07 Å². The van der Waals surface area contributed by atoms with Crippen LogP contribution in [0.1, 0.15) is 27.9 Å². The normalized spacial score (nSPS) is 10.1. The molecule has 76 valence electrons. The molecule has 1 N–H and O–H groups in total. The van der Waals surface area contributed by atoms with Crippen LogP contribution in [0, 0.1) is 6.92 Å². The molecule has 0 bridgehead atoms. The van der Waals surface area contributed by atoms with Gasteiger partial charge in [-0.15, -0.1) is 11.6 Å². The van der Waals surface area contributed by atoms with Crippen molar-refractivity contribution in [2.45, 2.75) is 19.8 Å². The predicted octanol–water partition coefficient (Wildman–Crippen LogP) is 2.86. The Bertz CT molecular complexity index is 334. The van der Waals surface area contributed by atoms with E-state index in [0.717, 1.165) is 18.4 Å². The van der Waals surface area contributed by atoms with Crippen molar-refractivity contribution in [1.29, 1.82) is 0 Å². The van der Waals surface area contributed by atoms with Crippen molar-refractivity contribution in [3.63, 3.8) is 0 Å². The van der Waals surface area contributed by atoms with E-state index in [9.17, 15) is 4.79 Å². The number of carboxylic acids is 1. The number of alkyl halides is 1. The molecule has 14 heavy (non-hydrogen) atoms. The second-order valence-electron chi connectivity index (χ2n) is 3.24. The van der Waals surface area contributed by atoms with Crippen LogP contribution in [-0.4, -0.2) is 17.0 Å². The van der Waals surface area contributed by atoms with Crippen LogP contribution < -0.4 is 0 Å². The number of carbonyl (C=O) groups is 1. The van der Waals surface area contributed by atoms with Crippen molar-refractivity contribution in [2.75, 3.05) is 5.88 Å². The maximum absolute atomic E-state index is 10.7. The highest BCUT2D eigenvalue weighted by atomic mass is 35.5. The van der Waals surface area contributed by atoms with Gasteiger partial charge in [0.05, 0.1) is 5.56 Å². The minimum Gasteiger partial charge on any atom is -0.478 e. The monoisotopic (exact) mass is 212 g/mol. The van der Waals surface area contributed by atoms with Crippen molar-refractivity contribution in [1.82, 2.24) is 0 Å². The first-order chi connectivity index (χ1) is 6.65. The third-order valence-corrected chi connectivity index (χ3v) is 2.44. The van der Waals surface area contributed by atoms with Gasteiger partial charge in [0.2, 0.25) is 0 Å². The maximum atomic E-state index is 10.7. The third kappa shape index (κ3) is 2.74. The summed E-state index contributed by atoms with van der Waals surface area (Å²) in [6.07, 6.45) is 1.84. The van der Waals surface area contributed by atoms with Gasteiger partial charge in [0.15, 0.2) is 0 Å². The van der Waals surface area contributed by atoms with Crippen LogP contribution in [0.25, 0.3) is 0 Å². The highest BCUT2D eigenvalue weighted by Gasteiger charge is 2.04. The molecule has 0 aliphatic heterocycles. The molecule has 1 rings (SSSR count). The Labute approximate surface area is 88.5 Å². The van der Waals surface area contributed by atoms with Crippen LogP contribution >= 0.6 is 11.6 Å². The lowest BCUT2D eigenvalue weighted by atomic mass is 10.0. The topological polar surface area (TPSA) is 37.3 Å². The second-order valence-corrected chi connectivity index (χ2v) is 3.62. The fourth-order valence-electron chi connectivity index (χ4n) is 1.37. The van der Waals surface area contributed by atoms with Gasteiger partial charge >= 0.3 is 5.97 Å². The summed E-state index contributed by atoms with van der Waals surface area (Å²) in [6, 6.07) is 5.20. The zero-order valence-corrected chi connectivity index (χ0v) is 8.84. The molecule has 0 aromatic heterocycles. The predicted molar refractivity (Wildman–Crippen MR) is 57.2 cm³/mol. The van der Waals surface area contributed by atoms with E-state index in [1.807, 2.05) is 13.0 Å². The zero-order chi connectivity index (χ0) is 10.6. The summed E-state index contributed by atoms with van der Waals surface area (Å²) < 4.78 is 0. The van der Waals surface area contributed by atoms with Crippen LogP contribution in [0.15, 0.2) is 18.2 Å².